The van der Waals surface area contributed by atoms with E-state index in [1.54, 1.807) is 12.1 Å². The first kappa shape index (κ1) is 21.7. The van der Waals surface area contributed by atoms with Crippen molar-refractivity contribution in [1.82, 2.24) is 10.2 Å². The number of hydrogen-bond donors (Lipinski definition) is 6. The molecule has 8 N–H and O–H groups in total. The lowest BCUT2D eigenvalue weighted by Gasteiger charge is -2.19. The fourth-order valence-corrected chi connectivity index (χ4v) is 1.93. The molecule has 0 saturated heterocycles. The first-order valence-electron chi connectivity index (χ1n) is 7.87. The highest BCUT2D eigenvalue weighted by molar-refractivity contribution is 5.87. The number of rotatable bonds is 9. The summed E-state index contributed by atoms with van der Waals surface area (Å²) in [7, 11) is 1.39. The van der Waals surface area contributed by atoms with Gasteiger partial charge in [-0.15, -0.1) is 0 Å². The van der Waals surface area contributed by atoms with E-state index in [2.05, 4.69) is 5.32 Å². The first-order chi connectivity index (χ1) is 12.6. The summed E-state index contributed by atoms with van der Waals surface area (Å²) in [5.74, 6) is -3.21. The van der Waals surface area contributed by atoms with Gasteiger partial charge in [0.2, 0.25) is 5.91 Å². The molecule has 148 valence electrons. The Morgan fingerprint density at radius 2 is 1.89 bits per heavy atom. The van der Waals surface area contributed by atoms with Gasteiger partial charge in [-0.3, -0.25) is 15.0 Å². The Morgan fingerprint density at radius 3 is 2.41 bits per heavy atom. The third kappa shape index (κ3) is 7.61. The van der Waals surface area contributed by atoms with Gasteiger partial charge in [-0.05, 0) is 24.1 Å². The molecule has 11 nitrogen and oxygen atoms in total. The maximum atomic E-state index is 12.1. The molecular weight excluding hydrogens is 358 g/mol. The van der Waals surface area contributed by atoms with E-state index in [4.69, 9.17) is 26.7 Å². The van der Waals surface area contributed by atoms with E-state index in [1.165, 1.54) is 19.2 Å². The molecule has 1 aromatic rings. The number of carbonyl (C=O) groups excluding carboxylic acids is 2. The molecule has 0 aliphatic rings. The molecule has 0 saturated carbocycles. The maximum Gasteiger partial charge on any atom is 0.329 e. The number of aliphatic carboxylic acids is 1. The average Bonchev–Trinajstić information content (AvgIpc) is 2.59. The third-order valence-electron chi connectivity index (χ3n) is 3.53. The van der Waals surface area contributed by atoms with E-state index >= 15 is 0 Å². The number of carboxylic acid groups (broad SMARTS) is 1. The van der Waals surface area contributed by atoms with E-state index in [0.717, 1.165) is 4.90 Å². The number of aromatic hydroxyl groups is 1. The Balaban J connectivity index is 2.56. The predicted molar refractivity (Wildman–Crippen MR) is 94.9 cm³/mol. The number of nitrogens with one attached hydrogen (secondary N) is 2. The number of likely N-dealkylation sites (N-methyl/N-ethyl adjacent to an activating group) is 1. The number of phenolic OH excluding ortho intramolecular Hbond substituents is 1. The van der Waals surface area contributed by atoms with Gasteiger partial charge in [0.25, 0.3) is 0 Å². The highest BCUT2D eigenvalue weighted by Crippen LogP contribution is 2.11. The van der Waals surface area contributed by atoms with Crippen molar-refractivity contribution in [2.45, 2.75) is 18.5 Å². The molecule has 1 rings (SSSR count). The van der Waals surface area contributed by atoms with Crippen LogP contribution in [0.25, 0.3) is 0 Å². The van der Waals surface area contributed by atoms with Crippen LogP contribution in [0.15, 0.2) is 24.3 Å². The van der Waals surface area contributed by atoms with Crippen LogP contribution in [0.5, 0.6) is 5.75 Å². The van der Waals surface area contributed by atoms with Gasteiger partial charge < -0.3 is 36.6 Å². The number of nitrogens with zero attached hydrogens (tertiary/aromatic N) is 1. The predicted octanol–water partition coefficient (Wildman–Crippen LogP) is -1.80. The van der Waals surface area contributed by atoms with Crippen molar-refractivity contribution in [3.8, 4) is 5.75 Å². The number of benzene rings is 1. The van der Waals surface area contributed by atoms with Crippen molar-refractivity contribution in [2.75, 3.05) is 20.2 Å². The number of carboxylic acids is 1. The fourth-order valence-electron chi connectivity index (χ4n) is 1.93. The molecule has 0 spiro atoms. The van der Waals surface area contributed by atoms with Crippen LogP contribution in [0, 0.1) is 5.41 Å². The summed E-state index contributed by atoms with van der Waals surface area (Å²) in [6.07, 6.45) is 0.127. The highest BCUT2D eigenvalue weighted by atomic mass is 16.5. The number of nitrogens with two attached hydrogens (primary N) is 2. The van der Waals surface area contributed by atoms with Crippen LogP contribution in [0.1, 0.15) is 5.56 Å². The second-order valence-electron chi connectivity index (χ2n) is 5.80. The van der Waals surface area contributed by atoms with Crippen LogP contribution in [0.4, 0.5) is 0 Å². The number of esters is 1. The van der Waals surface area contributed by atoms with Gasteiger partial charge in [0, 0.05) is 7.05 Å². The molecule has 1 aromatic carbocycles. The Bertz CT molecular complexity index is 693. The van der Waals surface area contributed by atoms with Crippen LogP contribution in [-0.4, -0.2) is 71.2 Å². The minimum absolute atomic E-state index is 0.0694. The number of carbonyl (C=O) groups is 3. The quantitative estimate of drug-likeness (QED) is 0.163. The van der Waals surface area contributed by atoms with Gasteiger partial charge in [-0.1, -0.05) is 12.1 Å². The summed E-state index contributed by atoms with van der Waals surface area (Å²) in [6.45, 7) is -0.937. The first-order valence-corrected chi connectivity index (χ1v) is 7.87. The number of phenols is 1. The normalized spacial score (nSPS) is 12.5. The molecule has 0 radical (unpaired) electrons. The molecular formula is C16H23N5O6. The van der Waals surface area contributed by atoms with Gasteiger partial charge in [0.05, 0.1) is 6.04 Å². The van der Waals surface area contributed by atoms with E-state index in [0.29, 0.717) is 5.56 Å². The summed E-state index contributed by atoms with van der Waals surface area (Å²) in [4.78, 5) is 36.1. The Morgan fingerprint density at radius 1 is 1.30 bits per heavy atom. The summed E-state index contributed by atoms with van der Waals surface area (Å²) in [5, 5.41) is 27.7. The zero-order valence-electron chi connectivity index (χ0n) is 14.7. The molecule has 1 unspecified atom stereocenters. The molecule has 2 atom stereocenters. The number of hydrogen-bond acceptors (Lipinski definition) is 7. The molecule has 27 heavy (non-hydrogen) atoms. The number of amides is 1. The molecule has 0 heterocycles. The average molecular weight is 381 g/mol. The molecule has 11 heteroatoms. The summed E-state index contributed by atoms with van der Waals surface area (Å²) in [5.41, 5.74) is 11.6. The molecule has 0 fully saturated rings. The lowest BCUT2D eigenvalue weighted by Crippen LogP contribution is -2.51. The van der Waals surface area contributed by atoms with Crippen molar-refractivity contribution in [3.63, 3.8) is 0 Å². The fraction of sp³-hybridized carbons (Fsp3) is 0.375. The van der Waals surface area contributed by atoms with Crippen molar-refractivity contribution >= 4 is 23.8 Å². The Labute approximate surface area is 155 Å². The van der Waals surface area contributed by atoms with Crippen LogP contribution >= 0.6 is 0 Å². The van der Waals surface area contributed by atoms with E-state index in [-0.39, 0.29) is 24.7 Å². The number of ether oxygens (including phenoxy) is 1. The van der Waals surface area contributed by atoms with Crippen LogP contribution < -0.4 is 16.8 Å². The van der Waals surface area contributed by atoms with Crippen LogP contribution in [0.3, 0.4) is 0 Å². The van der Waals surface area contributed by atoms with E-state index in [1.807, 2.05) is 0 Å². The van der Waals surface area contributed by atoms with Crippen molar-refractivity contribution in [1.29, 1.82) is 5.41 Å². The topological polar surface area (TPSA) is 192 Å². The molecule has 0 aliphatic heterocycles. The van der Waals surface area contributed by atoms with E-state index in [9.17, 15) is 19.5 Å². The standard InChI is InChI=1S/C16H23N5O6/c1-21(16(18)19)7-13(23)27-8-12(15(25)26)20-14(24)11(17)6-9-2-4-10(22)5-3-9/h2-5,11-12,22H,6-8,17H2,1H3,(H3,18,19)(H,20,24)(H,25,26)/t11?,12-/m0/s1. The largest absolute Gasteiger partial charge is 0.508 e. The third-order valence-corrected chi connectivity index (χ3v) is 3.53. The maximum absolute atomic E-state index is 12.1. The highest BCUT2D eigenvalue weighted by Gasteiger charge is 2.25. The van der Waals surface area contributed by atoms with Crippen molar-refractivity contribution < 1.29 is 29.3 Å². The number of guanidine groups is 1. The van der Waals surface area contributed by atoms with Gasteiger partial charge in [-0.2, -0.15) is 0 Å². The van der Waals surface area contributed by atoms with Crippen LogP contribution in [-0.2, 0) is 25.5 Å². The van der Waals surface area contributed by atoms with Crippen LogP contribution in [0.2, 0.25) is 0 Å². The van der Waals surface area contributed by atoms with Crippen molar-refractivity contribution in [3.05, 3.63) is 29.8 Å². The van der Waals surface area contributed by atoms with Gasteiger partial charge in [-0.25, -0.2) is 4.79 Å². The minimum Gasteiger partial charge on any atom is -0.508 e. The SMILES string of the molecule is CN(CC(=O)OC[C@H](NC(=O)C(N)Cc1ccc(O)cc1)C(=O)O)C(=N)N. The zero-order valence-corrected chi connectivity index (χ0v) is 14.7. The second-order valence-corrected chi connectivity index (χ2v) is 5.80. The summed E-state index contributed by atoms with van der Waals surface area (Å²) in [6, 6.07) is 3.55. The zero-order chi connectivity index (χ0) is 20.6. The minimum atomic E-state index is -1.48. The Hall–Kier alpha value is -3.34. The van der Waals surface area contributed by atoms with Gasteiger partial charge in [0.15, 0.2) is 12.0 Å². The smallest absolute Gasteiger partial charge is 0.329 e. The summed E-state index contributed by atoms with van der Waals surface area (Å²) >= 11 is 0. The Kier molecular flexibility index (Phi) is 8.01. The lowest BCUT2D eigenvalue weighted by molar-refractivity contribution is -0.150. The van der Waals surface area contributed by atoms with Gasteiger partial charge >= 0.3 is 11.9 Å². The molecule has 1 amide bonds. The monoisotopic (exact) mass is 381 g/mol. The van der Waals surface area contributed by atoms with Gasteiger partial charge in [0.1, 0.15) is 18.9 Å². The molecule has 0 aromatic heterocycles. The molecule has 0 bridgehead atoms. The van der Waals surface area contributed by atoms with Crippen molar-refractivity contribution in [2.24, 2.45) is 11.5 Å². The molecule has 0 aliphatic carbocycles. The lowest BCUT2D eigenvalue weighted by atomic mass is 10.1. The second kappa shape index (κ2) is 9.97. The van der Waals surface area contributed by atoms with E-state index < -0.39 is 36.5 Å². The summed E-state index contributed by atoms with van der Waals surface area (Å²) < 4.78 is 4.80.